The van der Waals surface area contributed by atoms with Crippen LogP contribution in [0.2, 0.25) is 0 Å². The zero-order valence-corrected chi connectivity index (χ0v) is 14.9. The molecule has 0 aliphatic carbocycles. The monoisotopic (exact) mass is 376 g/mol. The van der Waals surface area contributed by atoms with E-state index in [-0.39, 0.29) is 17.6 Å². The van der Waals surface area contributed by atoms with Crippen molar-refractivity contribution < 1.29 is 14.3 Å². The highest BCUT2D eigenvalue weighted by atomic mass is 79.9. The van der Waals surface area contributed by atoms with Crippen LogP contribution in [0.5, 0.6) is 0 Å². The second-order valence-corrected chi connectivity index (χ2v) is 7.86. The Morgan fingerprint density at radius 3 is 2.71 bits per heavy atom. The largest absolute Gasteiger partial charge is 0.439 e. The van der Waals surface area contributed by atoms with E-state index in [0.29, 0.717) is 13.2 Å². The van der Waals surface area contributed by atoms with Crippen LogP contribution in [0.15, 0.2) is 9.98 Å². The molecule has 0 spiro atoms. The summed E-state index contributed by atoms with van der Waals surface area (Å²) >= 11 is 4.87. The molecule has 1 amide bonds. The zero-order chi connectivity index (χ0) is 15.5. The standard InChI is InChI=1S/C14H21BrN2O3S/c1-14(2,3)17-13(18)20-11(9-4-6-19-7-5-9)12-16-10(15)8-21-12/h8-9,11H,4-7H2,1-3H3,(H,17,18). The number of hydrogen-bond donors (Lipinski definition) is 1. The number of thiazole rings is 1. The van der Waals surface area contributed by atoms with Crippen molar-refractivity contribution in [3.05, 3.63) is 15.0 Å². The van der Waals surface area contributed by atoms with E-state index in [2.05, 4.69) is 26.2 Å². The van der Waals surface area contributed by atoms with Crippen LogP contribution in [0.3, 0.4) is 0 Å². The predicted octanol–water partition coefficient (Wildman–Crippen LogP) is 3.90. The summed E-state index contributed by atoms with van der Waals surface area (Å²) in [5, 5.41) is 5.58. The Hall–Kier alpha value is -0.660. The number of nitrogens with zero attached hydrogens (tertiary/aromatic N) is 1. The van der Waals surface area contributed by atoms with E-state index >= 15 is 0 Å². The molecule has 1 N–H and O–H groups in total. The maximum atomic E-state index is 12.1. The highest BCUT2D eigenvalue weighted by Crippen LogP contribution is 2.35. The first-order valence-electron chi connectivity index (χ1n) is 7.02. The molecule has 0 radical (unpaired) electrons. The highest BCUT2D eigenvalue weighted by Gasteiger charge is 2.31. The van der Waals surface area contributed by atoms with E-state index < -0.39 is 6.09 Å². The summed E-state index contributed by atoms with van der Waals surface area (Å²) < 4.78 is 11.9. The molecule has 1 aliphatic heterocycles. The Bertz CT molecular complexity index is 481. The molecule has 2 heterocycles. The summed E-state index contributed by atoms with van der Waals surface area (Å²) in [5.41, 5.74) is -0.319. The minimum atomic E-state index is -0.398. The fourth-order valence-corrected chi connectivity index (χ4v) is 3.60. The van der Waals surface area contributed by atoms with E-state index in [1.807, 2.05) is 26.2 Å². The van der Waals surface area contributed by atoms with Gasteiger partial charge in [-0.05, 0) is 49.5 Å². The lowest BCUT2D eigenvalue weighted by atomic mass is 9.94. The van der Waals surface area contributed by atoms with Crippen LogP contribution in [-0.2, 0) is 9.47 Å². The highest BCUT2D eigenvalue weighted by molar-refractivity contribution is 9.10. The molecule has 7 heteroatoms. The summed E-state index contributed by atoms with van der Waals surface area (Å²) in [5.74, 6) is 0.252. The third kappa shape index (κ3) is 5.23. The first kappa shape index (κ1) is 16.7. The second kappa shape index (κ2) is 7.07. The van der Waals surface area contributed by atoms with Gasteiger partial charge < -0.3 is 14.8 Å². The first-order chi connectivity index (χ1) is 9.85. The van der Waals surface area contributed by atoms with Crippen LogP contribution >= 0.6 is 27.3 Å². The van der Waals surface area contributed by atoms with Crippen molar-refractivity contribution in [1.82, 2.24) is 10.3 Å². The van der Waals surface area contributed by atoms with E-state index in [4.69, 9.17) is 9.47 Å². The number of nitrogens with one attached hydrogen (secondary N) is 1. The van der Waals surface area contributed by atoms with Gasteiger partial charge in [-0.3, -0.25) is 0 Å². The summed E-state index contributed by atoms with van der Waals surface area (Å²) in [7, 11) is 0. The summed E-state index contributed by atoms with van der Waals surface area (Å²) in [6, 6.07) is 0. The summed E-state index contributed by atoms with van der Waals surface area (Å²) in [6.45, 7) is 7.20. The van der Waals surface area contributed by atoms with Crippen molar-refractivity contribution in [3.63, 3.8) is 0 Å². The molecule has 1 atom stereocenters. The molecule has 1 aromatic rings. The minimum absolute atomic E-state index is 0.252. The van der Waals surface area contributed by atoms with Crippen LogP contribution in [0, 0.1) is 5.92 Å². The Labute approximate surface area is 137 Å². The molecule has 1 unspecified atom stereocenters. The fourth-order valence-electron chi connectivity index (χ4n) is 2.22. The first-order valence-corrected chi connectivity index (χ1v) is 8.70. The maximum absolute atomic E-state index is 12.1. The number of halogens is 1. The Kier molecular flexibility index (Phi) is 5.62. The van der Waals surface area contributed by atoms with Crippen molar-refractivity contribution in [2.45, 2.75) is 45.3 Å². The van der Waals surface area contributed by atoms with Gasteiger partial charge in [0.05, 0.1) is 0 Å². The zero-order valence-electron chi connectivity index (χ0n) is 12.5. The quantitative estimate of drug-likeness (QED) is 0.868. The van der Waals surface area contributed by atoms with Crippen LogP contribution in [-0.4, -0.2) is 29.8 Å². The lowest BCUT2D eigenvalue weighted by molar-refractivity contribution is -0.00517. The number of amides is 1. The minimum Gasteiger partial charge on any atom is -0.439 e. The van der Waals surface area contributed by atoms with Gasteiger partial charge in [-0.15, -0.1) is 11.3 Å². The summed E-state index contributed by atoms with van der Waals surface area (Å²) in [6.07, 6.45) is 1.05. The molecule has 1 saturated heterocycles. The molecule has 118 valence electrons. The number of hydrogen-bond acceptors (Lipinski definition) is 5. The Morgan fingerprint density at radius 2 is 2.19 bits per heavy atom. The van der Waals surface area contributed by atoms with Gasteiger partial charge in [0.15, 0.2) is 6.10 Å². The van der Waals surface area contributed by atoms with Gasteiger partial charge in [0.1, 0.15) is 9.61 Å². The third-order valence-corrected chi connectivity index (χ3v) is 4.76. The van der Waals surface area contributed by atoms with Crippen LogP contribution < -0.4 is 5.32 Å². The number of rotatable bonds is 3. The molecule has 21 heavy (non-hydrogen) atoms. The topological polar surface area (TPSA) is 60.5 Å². The van der Waals surface area contributed by atoms with Gasteiger partial charge in [0.25, 0.3) is 0 Å². The number of ether oxygens (including phenoxy) is 2. The third-order valence-electron chi connectivity index (χ3n) is 3.14. The fraction of sp³-hybridized carbons (Fsp3) is 0.714. The van der Waals surface area contributed by atoms with Gasteiger partial charge in [0.2, 0.25) is 0 Å². The molecule has 5 nitrogen and oxygen atoms in total. The van der Waals surface area contributed by atoms with Gasteiger partial charge in [-0.1, -0.05) is 0 Å². The van der Waals surface area contributed by atoms with E-state index in [1.54, 1.807) is 0 Å². The normalized spacial score (nSPS) is 18.3. The number of aromatic nitrogens is 1. The van der Waals surface area contributed by atoms with Gasteiger partial charge in [-0.2, -0.15) is 0 Å². The van der Waals surface area contributed by atoms with Crippen LogP contribution in [0.25, 0.3) is 0 Å². The maximum Gasteiger partial charge on any atom is 0.408 e. The molecule has 1 aromatic heterocycles. The molecule has 0 aromatic carbocycles. The lowest BCUT2D eigenvalue weighted by Crippen LogP contribution is -2.42. The van der Waals surface area contributed by atoms with Crippen molar-refractivity contribution in [3.8, 4) is 0 Å². The van der Waals surface area contributed by atoms with E-state index in [9.17, 15) is 4.79 Å². The predicted molar refractivity (Wildman–Crippen MR) is 85.5 cm³/mol. The summed E-state index contributed by atoms with van der Waals surface area (Å²) in [4.78, 5) is 16.5. The van der Waals surface area contributed by atoms with Crippen molar-refractivity contribution >= 4 is 33.4 Å². The molecule has 0 saturated carbocycles. The van der Waals surface area contributed by atoms with Crippen LogP contribution in [0.4, 0.5) is 4.79 Å². The molecular formula is C14H21BrN2O3S. The van der Waals surface area contributed by atoms with Crippen molar-refractivity contribution in [2.75, 3.05) is 13.2 Å². The van der Waals surface area contributed by atoms with Gasteiger partial charge in [0, 0.05) is 30.1 Å². The van der Waals surface area contributed by atoms with Gasteiger partial charge >= 0.3 is 6.09 Å². The lowest BCUT2D eigenvalue weighted by Gasteiger charge is -2.30. The number of carbonyl (C=O) groups is 1. The van der Waals surface area contributed by atoms with Crippen LogP contribution in [0.1, 0.15) is 44.7 Å². The van der Waals surface area contributed by atoms with E-state index in [0.717, 1.165) is 22.5 Å². The molecule has 1 fully saturated rings. The Morgan fingerprint density at radius 1 is 1.52 bits per heavy atom. The van der Waals surface area contributed by atoms with Crippen molar-refractivity contribution in [2.24, 2.45) is 5.92 Å². The smallest absolute Gasteiger partial charge is 0.408 e. The van der Waals surface area contributed by atoms with E-state index in [1.165, 1.54) is 11.3 Å². The average molecular weight is 377 g/mol. The number of carbonyl (C=O) groups excluding carboxylic acids is 1. The molecular weight excluding hydrogens is 356 g/mol. The van der Waals surface area contributed by atoms with Gasteiger partial charge in [-0.25, -0.2) is 9.78 Å². The van der Waals surface area contributed by atoms with Crippen molar-refractivity contribution in [1.29, 1.82) is 0 Å². The Balaban J connectivity index is 2.10. The number of alkyl carbamates (subject to hydrolysis) is 1. The molecule has 1 aliphatic rings. The molecule has 0 bridgehead atoms. The SMILES string of the molecule is CC(C)(C)NC(=O)OC(c1nc(Br)cs1)C1CCOCC1. The second-order valence-electron chi connectivity index (χ2n) is 6.16. The molecule has 2 rings (SSSR count). The average Bonchev–Trinajstić information content (AvgIpc) is 2.81.